The van der Waals surface area contributed by atoms with Crippen molar-refractivity contribution in [2.75, 3.05) is 0 Å². The van der Waals surface area contributed by atoms with Gasteiger partial charge in [-0.1, -0.05) is 13.8 Å². The number of carbonyl (C=O) groups excluding carboxylic acids is 1. The molecule has 1 N–H and O–H groups in total. The van der Waals surface area contributed by atoms with E-state index in [0.29, 0.717) is 0 Å². The Hall–Kier alpha value is -1.06. The Morgan fingerprint density at radius 2 is 1.83 bits per heavy atom. The maximum Gasteiger partial charge on any atom is 0.317 e. The van der Waals surface area contributed by atoms with Gasteiger partial charge in [0.15, 0.2) is 0 Å². The van der Waals surface area contributed by atoms with Gasteiger partial charge in [0.1, 0.15) is 12.5 Å². The highest BCUT2D eigenvalue weighted by atomic mass is 16.5. The molecule has 4 nitrogen and oxygen atoms in total. The van der Waals surface area contributed by atoms with Crippen LogP contribution < -0.4 is 0 Å². The van der Waals surface area contributed by atoms with Gasteiger partial charge in [0.05, 0.1) is 0 Å². The Kier molecular flexibility index (Phi) is 4.33. The molecule has 0 radical (unpaired) electrons. The van der Waals surface area contributed by atoms with E-state index in [-0.39, 0.29) is 12.0 Å². The summed E-state index contributed by atoms with van der Waals surface area (Å²) in [4.78, 5) is 20.8. The second-order valence-corrected chi connectivity index (χ2v) is 3.01. The molecule has 0 aromatic carbocycles. The van der Waals surface area contributed by atoms with Crippen molar-refractivity contribution in [1.29, 1.82) is 0 Å². The number of carboxylic acid groups (broad SMARTS) is 1. The largest absolute Gasteiger partial charge is 0.481 e. The summed E-state index contributed by atoms with van der Waals surface area (Å²) in [5.74, 6) is -1.62. The summed E-state index contributed by atoms with van der Waals surface area (Å²) >= 11 is 0. The fraction of sp³-hybridized carbons (Fsp3) is 0.750. The third-order valence-corrected chi connectivity index (χ3v) is 1.55. The normalized spacial score (nSPS) is 12.7. The Bertz CT molecular complexity index is 174. The zero-order valence-electron chi connectivity index (χ0n) is 7.53. The number of ether oxygens (including phenoxy) is 1. The van der Waals surface area contributed by atoms with E-state index in [9.17, 15) is 9.59 Å². The van der Waals surface area contributed by atoms with E-state index in [4.69, 9.17) is 9.84 Å². The fourth-order valence-corrected chi connectivity index (χ4v) is 0.509. The van der Waals surface area contributed by atoms with Crippen LogP contribution >= 0.6 is 0 Å². The zero-order chi connectivity index (χ0) is 9.72. The number of hydrogen-bond acceptors (Lipinski definition) is 3. The molecule has 0 aromatic heterocycles. The minimum atomic E-state index is -1.16. The molecule has 1 unspecified atom stereocenters. The van der Waals surface area contributed by atoms with E-state index < -0.39 is 18.4 Å². The van der Waals surface area contributed by atoms with E-state index in [1.54, 1.807) is 6.92 Å². The molecule has 0 saturated heterocycles. The highest BCUT2D eigenvalue weighted by Gasteiger charge is 2.15. The van der Waals surface area contributed by atoms with Gasteiger partial charge >= 0.3 is 11.9 Å². The Morgan fingerprint density at radius 1 is 1.33 bits per heavy atom. The summed E-state index contributed by atoms with van der Waals surface area (Å²) < 4.78 is 4.80. The molecule has 0 bridgehead atoms. The zero-order valence-corrected chi connectivity index (χ0v) is 7.53. The molecule has 0 aromatic rings. The van der Waals surface area contributed by atoms with E-state index in [0.717, 1.165) is 0 Å². The highest BCUT2D eigenvalue weighted by Crippen LogP contribution is 2.06. The van der Waals surface area contributed by atoms with Crippen LogP contribution in [0.5, 0.6) is 0 Å². The first-order valence-electron chi connectivity index (χ1n) is 3.84. The van der Waals surface area contributed by atoms with Crippen molar-refractivity contribution in [3.05, 3.63) is 0 Å². The quantitative estimate of drug-likeness (QED) is 0.511. The average molecular weight is 174 g/mol. The summed E-state index contributed by atoms with van der Waals surface area (Å²) in [5, 5.41) is 8.23. The molecule has 1 atom stereocenters. The van der Waals surface area contributed by atoms with E-state index >= 15 is 0 Å². The topological polar surface area (TPSA) is 63.6 Å². The van der Waals surface area contributed by atoms with Crippen molar-refractivity contribution in [2.45, 2.75) is 33.3 Å². The second kappa shape index (κ2) is 4.74. The number of rotatable bonds is 4. The van der Waals surface area contributed by atoms with Crippen LogP contribution in [-0.2, 0) is 14.3 Å². The maximum absolute atomic E-state index is 10.8. The molecule has 0 aliphatic heterocycles. The number of hydrogen-bond donors (Lipinski definition) is 1. The summed E-state index contributed by atoms with van der Waals surface area (Å²) in [6, 6.07) is 0. The highest BCUT2D eigenvalue weighted by molar-refractivity contribution is 5.90. The van der Waals surface area contributed by atoms with Crippen molar-refractivity contribution in [2.24, 2.45) is 5.92 Å². The lowest BCUT2D eigenvalue weighted by atomic mass is 10.1. The molecule has 0 spiro atoms. The lowest BCUT2D eigenvalue weighted by Gasteiger charge is -2.15. The summed E-state index contributed by atoms with van der Waals surface area (Å²) in [6.07, 6.45) is -0.784. The van der Waals surface area contributed by atoms with Gasteiger partial charge in [0, 0.05) is 0 Å². The van der Waals surface area contributed by atoms with E-state index in [1.165, 1.54) is 0 Å². The predicted octanol–water partition coefficient (Wildman–Crippen LogP) is 1.05. The molecule has 0 rings (SSSR count). The Labute approximate surface area is 71.5 Å². The van der Waals surface area contributed by atoms with Gasteiger partial charge in [0.2, 0.25) is 0 Å². The lowest BCUT2D eigenvalue weighted by Crippen LogP contribution is -2.21. The van der Waals surface area contributed by atoms with Crippen molar-refractivity contribution in [1.82, 2.24) is 0 Å². The molecule has 0 saturated carbocycles. The lowest BCUT2D eigenvalue weighted by molar-refractivity contribution is -0.155. The molecule has 0 aliphatic carbocycles. The average Bonchev–Trinajstić information content (AvgIpc) is 1.84. The summed E-state index contributed by atoms with van der Waals surface area (Å²) in [5.41, 5.74) is 0. The van der Waals surface area contributed by atoms with Crippen LogP contribution in [0.2, 0.25) is 0 Å². The second-order valence-electron chi connectivity index (χ2n) is 3.01. The molecule has 0 fully saturated rings. The van der Waals surface area contributed by atoms with Crippen LogP contribution in [0.4, 0.5) is 0 Å². The summed E-state index contributed by atoms with van der Waals surface area (Å²) in [6.45, 7) is 5.54. The van der Waals surface area contributed by atoms with Crippen LogP contribution in [0.1, 0.15) is 27.2 Å². The molecular formula is C8H14O4. The first kappa shape index (κ1) is 10.9. The van der Waals surface area contributed by atoms with Crippen LogP contribution in [0.15, 0.2) is 0 Å². The molecule has 0 amide bonds. The number of carboxylic acids is 1. The molecule has 70 valence electrons. The standard InChI is InChI=1S/C8H14O4/c1-5(2)6(3)12-8(11)4-7(9)10/h5-6H,4H2,1-3H3,(H,9,10). The maximum atomic E-state index is 10.8. The monoisotopic (exact) mass is 174 g/mol. The molecule has 0 aliphatic rings. The third kappa shape index (κ3) is 4.71. The van der Waals surface area contributed by atoms with Gasteiger partial charge in [-0.25, -0.2) is 0 Å². The molecule has 4 heteroatoms. The van der Waals surface area contributed by atoms with Crippen molar-refractivity contribution < 1.29 is 19.4 Å². The smallest absolute Gasteiger partial charge is 0.317 e. The Balaban J connectivity index is 3.77. The van der Waals surface area contributed by atoms with Gasteiger partial charge in [-0.3, -0.25) is 9.59 Å². The van der Waals surface area contributed by atoms with Crippen molar-refractivity contribution in [3.63, 3.8) is 0 Å². The van der Waals surface area contributed by atoms with Crippen LogP contribution in [0.25, 0.3) is 0 Å². The first-order valence-corrected chi connectivity index (χ1v) is 3.84. The van der Waals surface area contributed by atoms with Crippen molar-refractivity contribution in [3.8, 4) is 0 Å². The van der Waals surface area contributed by atoms with Crippen molar-refractivity contribution >= 4 is 11.9 Å². The molecule has 12 heavy (non-hydrogen) atoms. The van der Waals surface area contributed by atoms with Gasteiger partial charge in [0.25, 0.3) is 0 Å². The van der Waals surface area contributed by atoms with Gasteiger partial charge in [-0.05, 0) is 12.8 Å². The number of aliphatic carboxylic acids is 1. The SMILES string of the molecule is CC(C)C(C)OC(=O)CC(=O)O. The van der Waals surface area contributed by atoms with Crippen LogP contribution in [0.3, 0.4) is 0 Å². The number of carbonyl (C=O) groups is 2. The number of esters is 1. The van der Waals surface area contributed by atoms with E-state index in [1.807, 2.05) is 13.8 Å². The fourth-order valence-electron chi connectivity index (χ4n) is 0.509. The third-order valence-electron chi connectivity index (χ3n) is 1.55. The van der Waals surface area contributed by atoms with Gasteiger partial charge in [-0.15, -0.1) is 0 Å². The predicted molar refractivity (Wildman–Crippen MR) is 42.6 cm³/mol. The molecular weight excluding hydrogens is 160 g/mol. The molecule has 0 heterocycles. The Morgan fingerprint density at radius 3 is 2.17 bits per heavy atom. The first-order chi connectivity index (χ1) is 5.43. The van der Waals surface area contributed by atoms with Gasteiger partial charge < -0.3 is 9.84 Å². The van der Waals surface area contributed by atoms with Crippen LogP contribution in [0, 0.1) is 5.92 Å². The van der Waals surface area contributed by atoms with Crippen LogP contribution in [-0.4, -0.2) is 23.1 Å². The van der Waals surface area contributed by atoms with E-state index in [2.05, 4.69) is 0 Å². The summed E-state index contributed by atoms with van der Waals surface area (Å²) in [7, 11) is 0. The van der Waals surface area contributed by atoms with Gasteiger partial charge in [-0.2, -0.15) is 0 Å². The minimum Gasteiger partial charge on any atom is -0.481 e. The minimum absolute atomic E-state index is 0.211.